The van der Waals surface area contributed by atoms with Crippen LogP contribution in [-0.2, 0) is 11.8 Å². The average Bonchev–Trinajstić information content (AvgIpc) is 3.12. The maximum Gasteiger partial charge on any atom is 0.250 e. The maximum absolute atomic E-state index is 12.2. The highest BCUT2D eigenvalue weighted by Crippen LogP contribution is 2.22. The number of hydrogen-bond donors (Lipinski definition) is 1. The van der Waals surface area contributed by atoms with Crippen molar-refractivity contribution < 1.29 is 4.79 Å². The fourth-order valence-corrected chi connectivity index (χ4v) is 3.94. The quantitative estimate of drug-likeness (QED) is 0.278. The number of carbonyl (C=O) groups excluding carboxylic acids is 1. The first kappa shape index (κ1) is 19.9. The Bertz CT molecular complexity index is 1200. The van der Waals surface area contributed by atoms with Gasteiger partial charge in [-0.15, -0.1) is 0 Å². The van der Waals surface area contributed by atoms with Crippen molar-refractivity contribution in [3.63, 3.8) is 0 Å². The largest absolute Gasteiger partial charge is 0.322 e. The molecule has 6 heteroatoms. The van der Waals surface area contributed by atoms with Crippen molar-refractivity contribution >= 4 is 34.4 Å². The number of hydrazone groups is 1. The second-order valence-corrected chi connectivity index (χ2v) is 7.85. The minimum absolute atomic E-state index is 0.160. The lowest BCUT2D eigenvalue weighted by molar-refractivity contribution is -0.118. The van der Waals surface area contributed by atoms with E-state index in [0.29, 0.717) is 0 Å². The molecular formula is C24H22N4OS. The molecule has 1 amide bonds. The highest BCUT2D eigenvalue weighted by Gasteiger charge is 2.10. The Labute approximate surface area is 179 Å². The minimum Gasteiger partial charge on any atom is -0.322 e. The van der Waals surface area contributed by atoms with Gasteiger partial charge in [-0.3, -0.25) is 4.79 Å². The molecule has 0 fully saturated rings. The molecule has 150 valence electrons. The number of thioether (sulfide) groups is 1. The second kappa shape index (κ2) is 8.97. The molecule has 0 saturated heterocycles. The van der Waals surface area contributed by atoms with Gasteiger partial charge in [-0.2, -0.15) is 5.10 Å². The number of aromatic nitrogens is 2. The van der Waals surface area contributed by atoms with Crippen molar-refractivity contribution in [1.29, 1.82) is 0 Å². The van der Waals surface area contributed by atoms with E-state index >= 15 is 0 Å². The molecule has 0 saturated carbocycles. The van der Waals surface area contributed by atoms with Gasteiger partial charge in [0.1, 0.15) is 0 Å². The van der Waals surface area contributed by atoms with E-state index in [1.54, 1.807) is 0 Å². The molecule has 1 aromatic heterocycles. The van der Waals surface area contributed by atoms with Crippen molar-refractivity contribution in [1.82, 2.24) is 15.0 Å². The Kier molecular flexibility index (Phi) is 5.95. The van der Waals surface area contributed by atoms with E-state index < -0.39 is 0 Å². The smallest absolute Gasteiger partial charge is 0.250 e. The van der Waals surface area contributed by atoms with Gasteiger partial charge in [0.2, 0.25) is 0 Å². The molecule has 0 aliphatic heterocycles. The molecule has 0 bridgehead atoms. The van der Waals surface area contributed by atoms with Gasteiger partial charge in [0.25, 0.3) is 5.91 Å². The number of nitrogens with zero attached hydrogens (tertiary/aromatic N) is 3. The summed E-state index contributed by atoms with van der Waals surface area (Å²) in [5, 5.41) is 5.06. The van der Waals surface area contributed by atoms with Crippen LogP contribution >= 0.6 is 11.8 Å². The third kappa shape index (κ3) is 4.44. The first-order valence-electron chi connectivity index (χ1n) is 9.65. The minimum atomic E-state index is -0.160. The van der Waals surface area contributed by atoms with Crippen LogP contribution in [-0.4, -0.2) is 26.9 Å². The van der Waals surface area contributed by atoms with Gasteiger partial charge < -0.3 is 4.57 Å². The van der Waals surface area contributed by atoms with Crippen molar-refractivity contribution in [2.45, 2.75) is 12.1 Å². The lowest BCUT2D eigenvalue weighted by atomic mass is 10.0. The fraction of sp³-hybridized carbons (Fsp3) is 0.125. The molecule has 0 unspecified atom stereocenters. The molecule has 0 spiro atoms. The number of aryl methyl sites for hydroxylation is 1. The number of benzene rings is 3. The van der Waals surface area contributed by atoms with Gasteiger partial charge in [-0.05, 0) is 35.7 Å². The SMILES string of the molecule is C/C(=N/NC(=O)CSc1nc2ccccc2n1C)c1ccc(-c2ccccc2)cc1. The van der Waals surface area contributed by atoms with Gasteiger partial charge in [-0.25, -0.2) is 10.4 Å². The van der Waals surface area contributed by atoms with Crippen LogP contribution in [0.25, 0.3) is 22.2 Å². The van der Waals surface area contributed by atoms with Gasteiger partial charge in [0.15, 0.2) is 5.16 Å². The Morgan fingerprint density at radius 2 is 1.63 bits per heavy atom. The Morgan fingerprint density at radius 3 is 2.37 bits per heavy atom. The molecule has 4 rings (SSSR count). The zero-order valence-electron chi connectivity index (χ0n) is 16.9. The summed E-state index contributed by atoms with van der Waals surface area (Å²) in [6, 6.07) is 26.3. The van der Waals surface area contributed by atoms with E-state index in [2.05, 4.69) is 39.8 Å². The number of imidazole rings is 1. The monoisotopic (exact) mass is 414 g/mol. The standard InChI is InChI=1S/C24H22N4OS/c1-17(18-12-14-20(15-13-18)19-8-4-3-5-9-19)26-27-23(29)16-30-24-25-21-10-6-7-11-22(21)28(24)2/h3-15H,16H2,1-2H3,(H,27,29)/b26-17-. The van der Waals surface area contributed by atoms with Crippen LogP contribution in [0.15, 0.2) is 89.1 Å². The zero-order chi connectivity index (χ0) is 20.9. The molecule has 1 heterocycles. The predicted octanol–water partition coefficient (Wildman–Crippen LogP) is 4.87. The number of rotatable bonds is 6. The molecule has 3 aromatic carbocycles. The van der Waals surface area contributed by atoms with Crippen molar-refractivity contribution in [3.8, 4) is 11.1 Å². The van der Waals surface area contributed by atoms with E-state index in [-0.39, 0.29) is 11.7 Å². The normalized spacial score (nSPS) is 11.6. The van der Waals surface area contributed by atoms with Crippen LogP contribution in [0.3, 0.4) is 0 Å². The second-order valence-electron chi connectivity index (χ2n) is 6.91. The molecule has 0 aliphatic rings. The summed E-state index contributed by atoms with van der Waals surface area (Å²) in [5.41, 5.74) is 8.67. The van der Waals surface area contributed by atoms with E-state index in [9.17, 15) is 4.79 Å². The lowest BCUT2D eigenvalue weighted by Gasteiger charge is -2.05. The Hall–Kier alpha value is -3.38. The predicted molar refractivity (Wildman–Crippen MR) is 124 cm³/mol. The Morgan fingerprint density at radius 1 is 0.967 bits per heavy atom. The van der Waals surface area contributed by atoms with Gasteiger partial charge >= 0.3 is 0 Å². The summed E-state index contributed by atoms with van der Waals surface area (Å²) in [6.07, 6.45) is 0. The van der Waals surface area contributed by atoms with E-state index in [0.717, 1.165) is 33.0 Å². The number of nitrogens with one attached hydrogen (secondary N) is 1. The van der Waals surface area contributed by atoms with Gasteiger partial charge in [-0.1, -0.05) is 78.5 Å². The van der Waals surface area contributed by atoms with E-state index in [4.69, 9.17) is 0 Å². The molecule has 30 heavy (non-hydrogen) atoms. The summed E-state index contributed by atoms with van der Waals surface area (Å²) < 4.78 is 2.00. The first-order chi connectivity index (χ1) is 14.6. The topological polar surface area (TPSA) is 59.3 Å². The van der Waals surface area contributed by atoms with Crippen LogP contribution in [0, 0.1) is 0 Å². The number of hydrogen-bond acceptors (Lipinski definition) is 4. The number of para-hydroxylation sites is 2. The van der Waals surface area contributed by atoms with Crippen LogP contribution < -0.4 is 5.43 Å². The highest BCUT2D eigenvalue weighted by atomic mass is 32.2. The van der Waals surface area contributed by atoms with E-state index in [1.807, 2.05) is 73.1 Å². The van der Waals surface area contributed by atoms with Crippen molar-refractivity contribution in [2.75, 3.05) is 5.75 Å². The van der Waals surface area contributed by atoms with Gasteiger partial charge in [0, 0.05) is 7.05 Å². The van der Waals surface area contributed by atoms with Crippen molar-refractivity contribution in [3.05, 3.63) is 84.4 Å². The molecule has 5 nitrogen and oxygen atoms in total. The van der Waals surface area contributed by atoms with Crippen LogP contribution in [0.1, 0.15) is 12.5 Å². The number of amides is 1. The van der Waals surface area contributed by atoms with Gasteiger partial charge in [0.05, 0.1) is 22.5 Å². The first-order valence-corrected chi connectivity index (χ1v) is 10.6. The van der Waals surface area contributed by atoms with Crippen LogP contribution in [0.2, 0.25) is 0 Å². The number of fused-ring (bicyclic) bond motifs is 1. The summed E-state index contributed by atoms with van der Waals surface area (Å²) in [5.74, 6) is 0.0910. The zero-order valence-corrected chi connectivity index (χ0v) is 17.7. The lowest BCUT2D eigenvalue weighted by Crippen LogP contribution is -2.21. The third-order valence-corrected chi connectivity index (χ3v) is 5.87. The summed E-state index contributed by atoms with van der Waals surface area (Å²) in [6.45, 7) is 1.89. The summed E-state index contributed by atoms with van der Waals surface area (Å²) in [4.78, 5) is 16.8. The summed E-state index contributed by atoms with van der Waals surface area (Å²) in [7, 11) is 1.96. The maximum atomic E-state index is 12.2. The average molecular weight is 415 g/mol. The van der Waals surface area contributed by atoms with E-state index in [1.165, 1.54) is 17.3 Å². The molecular weight excluding hydrogens is 392 g/mol. The third-order valence-electron chi connectivity index (χ3n) is 4.84. The highest BCUT2D eigenvalue weighted by molar-refractivity contribution is 7.99. The Balaban J connectivity index is 1.35. The summed E-state index contributed by atoms with van der Waals surface area (Å²) >= 11 is 1.40. The molecule has 0 atom stereocenters. The molecule has 0 aliphatic carbocycles. The number of carbonyl (C=O) groups is 1. The van der Waals surface area contributed by atoms with Crippen LogP contribution in [0.4, 0.5) is 0 Å². The molecule has 4 aromatic rings. The van der Waals surface area contributed by atoms with Crippen LogP contribution in [0.5, 0.6) is 0 Å². The fourth-order valence-electron chi connectivity index (χ4n) is 3.16. The molecule has 1 N–H and O–H groups in total. The van der Waals surface area contributed by atoms with Crippen molar-refractivity contribution in [2.24, 2.45) is 12.1 Å². The molecule has 0 radical (unpaired) electrons.